The number of halogens is 4. The monoisotopic (exact) mass is 338 g/mol. The minimum Gasteiger partial charge on any atom is -0.327 e. The van der Waals surface area contributed by atoms with Crippen molar-refractivity contribution in [2.45, 2.75) is 24.4 Å². The molecule has 18 heavy (non-hydrogen) atoms. The fourth-order valence-electron chi connectivity index (χ4n) is 2.55. The minimum atomic E-state index is -2.87. The van der Waals surface area contributed by atoms with E-state index in [0.717, 1.165) is 4.57 Å². The zero-order chi connectivity index (χ0) is 13.3. The summed E-state index contributed by atoms with van der Waals surface area (Å²) >= 11 is 8.89. The van der Waals surface area contributed by atoms with Crippen molar-refractivity contribution in [3.05, 3.63) is 31.6 Å². The van der Waals surface area contributed by atoms with Crippen molar-refractivity contribution in [2.24, 2.45) is 0 Å². The Kier molecular flexibility index (Phi) is 2.24. The maximum absolute atomic E-state index is 13.1. The largest absolute Gasteiger partial charge is 0.327 e. The van der Waals surface area contributed by atoms with Gasteiger partial charge in [0.2, 0.25) is 0 Å². The smallest absolute Gasteiger partial charge is 0.271 e. The average Bonchev–Trinajstić information content (AvgIpc) is 2.46. The van der Waals surface area contributed by atoms with Gasteiger partial charge >= 0.3 is 0 Å². The van der Waals surface area contributed by atoms with E-state index in [2.05, 4.69) is 21.2 Å². The first-order valence-corrected chi connectivity index (χ1v) is 6.25. The van der Waals surface area contributed by atoms with Gasteiger partial charge in [0.15, 0.2) is 0 Å². The van der Waals surface area contributed by atoms with E-state index in [4.69, 9.17) is 11.6 Å². The highest BCUT2D eigenvalue weighted by Crippen LogP contribution is 2.51. The third kappa shape index (κ3) is 1.40. The van der Waals surface area contributed by atoms with Gasteiger partial charge in [-0.2, -0.15) is 0 Å². The van der Waals surface area contributed by atoms with Gasteiger partial charge in [-0.3, -0.25) is 14.2 Å². The van der Waals surface area contributed by atoms with Crippen LogP contribution in [0.1, 0.15) is 23.3 Å². The third-order valence-corrected chi connectivity index (χ3v) is 4.06. The van der Waals surface area contributed by atoms with Crippen molar-refractivity contribution in [1.29, 1.82) is 0 Å². The lowest BCUT2D eigenvalue weighted by atomic mass is 9.81. The van der Waals surface area contributed by atoms with Crippen LogP contribution in [-0.2, 0) is 5.66 Å². The van der Waals surface area contributed by atoms with Crippen molar-refractivity contribution in [2.75, 3.05) is 0 Å². The Hall–Kier alpha value is -0.950. The van der Waals surface area contributed by atoms with Gasteiger partial charge in [-0.15, -0.1) is 0 Å². The Morgan fingerprint density at radius 3 is 2.56 bits per heavy atom. The molecule has 1 aliphatic heterocycles. The molecule has 0 aromatic carbocycles. The molecule has 0 saturated heterocycles. The normalized spacial score (nSPS) is 22.6. The summed E-state index contributed by atoms with van der Waals surface area (Å²) in [5.74, 6) is -3.47. The Balaban J connectivity index is 2.26. The molecule has 1 spiro atoms. The Morgan fingerprint density at radius 2 is 2.00 bits per heavy atom. The number of fused-ring (bicyclic) bond motifs is 2. The molecule has 2 aliphatic rings. The number of carbonyl (C=O) groups excluding carboxylic acids is 1. The fourth-order valence-corrected chi connectivity index (χ4v) is 3.37. The van der Waals surface area contributed by atoms with E-state index in [1.54, 1.807) is 0 Å². The van der Waals surface area contributed by atoms with Crippen molar-refractivity contribution < 1.29 is 13.6 Å². The van der Waals surface area contributed by atoms with Crippen LogP contribution in [0.5, 0.6) is 0 Å². The molecule has 3 rings (SSSR count). The summed E-state index contributed by atoms with van der Waals surface area (Å²) in [6.45, 7) is 0. The second-order valence-corrected chi connectivity index (χ2v) is 5.79. The summed E-state index contributed by atoms with van der Waals surface area (Å²) in [4.78, 5) is 23.8. The second-order valence-electron chi connectivity index (χ2n) is 4.52. The minimum absolute atomic E-state index is 0.0552. The summed E-state index contributed by atoms with van der Waals surface area (Å²) in [6, 6.07) is 1.30. The van der Waals surface area contributed by atoms with Crippen molar-refractivity contribution in [3.8, 4) is 0 Å². The van der Waals surface area contributed by atoms with Gasteiger partial charge in [0.1, 0.15) is 11.4 Å². The van der Waals surface area contributed by atoms with Gasteiger partial charge in [-0.25, -0.2) is 8.78 Å². The van der Waals surface area contributed by atoms with Crippen LogP contribution in [0.15, 0.2) is 15.3 Å². The first kappa shape index (κ1) is 12.1. The topological polar surface area (TPSA) is 51.1 Å². The quantitative estimate of drug-likeness (QED) is 0.787. The van der Waals surface area contributed by atoms with Crippen LogP contribution in [0, 0.1) is 0 Å². The zero-order valence-electron chi connectivity index (χ0n) is 8.77. The number of hydrogen-bond acceptors (Lipinski definition) is 2. The number of carbonyl (C=O) groups is 1. The number of nitrogens with zero attached hydrogens (tertiary/aromatic N) is 1. The number of hydrogen-bond donors (Lipinski definition) is 1. The molecule has 1 aromatic rings. The highest BCUT2D eigenvalue weighted by atomic mass is 79.9. The first-order chi connectivity index (χ1) is 8.26. The van der Waals surface area contributed by atoms with Crippen LogP contribution >= 0.6 is 27.5 Å². The third-order valence-electron chi connectivity index (χ3n) is 3.20. The molecule has 0 atom stereocenters. The molecule has 1 saturated carbocycles. The molecular weight excluding hydrogens is 333 g/mol. The molecule has 1 fully saturated rings. The van der Waals surface area contributed by atoms with Crippen LogP contribution in [0.2, 0.25) is 5.02 Å². The van der Waals surface area contributed by atoms with Crippen LogP contribution in [-0.4, -0.2) is 16.4 Å². The molecule has 0 radical (unpaired) electrons. The van der Waals surface area contributed by atoms with E-state index in [-0.39, 0.29) is 15.2 Å². The predicted molar refractivity (Wildman–Crippen MR) is 63.0 cm³/mol. The van der Waals surface area contributed by atoms with Crippen molar-refractivity contribution in [1.82, 2.24) is 9.88 Å². The fraction of sp³-hybridized carbons (Fsp3) is 0.400. The molecule has 1 amide bonds. The molecule has 96 valence electrons. The average molecular weight is 340 g/mol. The van der Waals surface area contributed by atoms with Crippen LogP contribution in [0.4, 0.5) is 8.78 Å². The number of amides is 1. The zero-order valence-corrected chi connectivity index (χ0v) is 11.1. The van der Waals surface area contributed by atoms with Gasteiger partial charge in [0.05, 0.1) is 22.3 Å². The molecule has 1 aromatic heterocycles. The standard InChI is InChI=1S/C10H6BrClF2N2O2/c11-4-1-5(12)6-7(17)15-10(16(6)8(4)18)2-9(13,14)3-10/h1H,2-3H2,(H,15,17). The summed E-state index contributed by atoms with van der Waals surface area (Å²) in [6.07, 6.45) is -1.18. The van der Waals surface area contributed by atoms with Gasteiger partial charge in [0, 0.05) is 0 Å². The van der Waals surface area contributed by atoms with Gasteiger partial charge in [0.25, 0.3) is 17.4 Å². The molecule has 1 aliphatic carbocycles. The number of aromatic nitrogens is 1. The maximum atomic E-state index is 13.1. The van der Waals surface area contributed by atoms with Gasteiger partial charge in [-0.1, -0.05) is 11.6 Å². The van der Waals surface area contributed by atoms with Crippen LogP contribution in [0.3, 0.4) is 0 Å². The maximum Gasteiger partial charge on any atom is 0.271 e. The SMILES string of the molecule is O=C1NC2(CC(F)(F)C2)n2c1c(Cl)cc(Br)c2=O. The lowest BCUT2D eigenvalue weighted by Gasteiger charge is -2.45. The van der Waals surface area contributed by atoms with Gasteiger partial charge < -0.3 is 5.32 Å². The lowest BCUT2D eigenvalue weighted by molar-refractivity contribution is -0.157. The van der Waals surface area contributed by atoms with E-state index in [1.165, 1.54) is 6.07 Å². The molecular formula is C10H6BrClF2N2O2. The molecule has 0 unspecified atom stereocenters. The highest BCUT2D eigenvalue weighted by Gasteiger charge is 2.62. The highest BCUT2D eigenvalue weighted by molar-refractivity contribution is 9.10. The Labute approximate surface area is 113 Å². The lowest BCUT2D eigenvalue weighted by Crippen LogP contribution is -2.61. The Morgan fingerprint density at radius 1 is 1.39 bits per heavy atom. The molecule has 1 N–H and O–H groups in total. The summed E-state index contributed by atoms with van der Waals surface area (Å²) < 4.78 is 27.3. The van der Waals surface area contributed by atoms with Crippen molar-refractivity contribution in [3.63, 3.8) is 0 Å². The number of rotatable bonds is 0. The summed E-state index contributed by atoms with van der Waals surface area (Å²) in [7, 11) is 0. The predicted octanol–water partition coefficient (Wildman–Crippen LogP) is 2.09. The molecule has 4 nitrogen and oxygen atoms in total. The number of pyridine rings is 1. The summed E-state index contributed by atoms with van der Waals surface area (Å²) in [5.41, 5.74) is -1.93. The molecule has 0 bridgehead atoms. The van der Waals surface area contributed by atoms with Crippen LogP contribution in [0.25, 0.3) is 0 Å². The van der Waals surface area contributed by atoms with Crippen molar-refractivity contribution >= 4 is 33.4 Å². The van der Waals surface area contributed by atoms with Gasteiger partial charge in [-0.05, 0) is 22.0 Å². The Bertz CT molecular complexity index is 636. The molecule has 2 heterocycles. The second kappa shape index (κ2) is 3.33. The summed E-state index contributed by atoms with van der Waals surface area (Å²) in [5, 5.41) is 2.50. The van der Waals surface area contributed by atoms with E-state index in [1.807, 2.05) is 0 Å². The van der Waals surface area contributed by atoms with E-state index >= 15 is 0 Å². The first-order valence-electron chi connectivity index (χ1n) is 5.08. The molecule has 8 heteroatoms. The van der Waals surface area contributed by atoms with E-state index < -0.39 is 35.9 Å². The number of nitrogens with one attached hydrogen (secondary N) is 1. The van der Waals surface area contributed by atoms with E-state index in [9.17, 15) is 18.4 Å². The number of alkyl halides is 2. The van der Waals surface area contributed by atoms with Crippen LogP contribution < -0.4 is 10.9 Å². The van der Waals surface area contributed by atoms with E-state index in [0.29, 0.717) is 0 Å².